The average molecular weight is 142 g/mol. The van der Waals surface area contributed by atoms with Gasteiger partial charge in [-0.05, 0) is 6.92 Å². The average Bonchev–Trinajstić information content (AvgIpc) is 2.10. The van der Waals surface area contributed by atoms with Crippen LogP contribution in [0.5, 0.6) is 0 Å². The van der Waals surface area contributed by atoms with E-state index in [2.05, 4.69) is 4.98 Å². The van der Waals surface area contributed by atoms with Crippen LogP contribution in [0, 0.1) is 5.95 Å². The van der Waals surface area contributed by atoms with Crippen molar-refractivity contribution in [2.75, 3.05) is 5.73 Å². The van der Waals surface area contributed by atoms with Gasteiger partial charge in [-0.25, -0.2) is 0 Å². The van der Waals surface area contributed by atoms with Crippen LogP contribution in [-0.2, 0) is 0 Å². The second-order valence-corrected chi connectivity index (χ2v) is 2.00. The van der Waals surface area contributed by atoms with E-state index in [9.17, 15) is 9.18 Å². The summed E-state index contributed by atoms with van der Waals surface area (Å²) in [4.78, 5) is 12.8. The van der Waals surface area contributed by atoms with Crippen molar-refractivity contribution in [2.45, 2.75) is 6.92 Å². The number of carbonyl (C=O) groups is 1. The molecule has 3 nitrogen and oxygen atoms in total. The molecule has 1 rings (SSSR count). The first-order chi connectivity index (χ1) is 4.61. The smallest absolute Gasteiger partial charge is 0.193 e. The number of Topliss-reactive ketones (excluding diaryl/α,β-unsaturated/α-hetero) is 1. The third-order valence-corrected chi connectivity index (χ3v) is 1.19. The first-order valence-corrected chi connectivity index (χ1v) is 2.76. The second kappa shape index (κ2) is 2.13. The van der Waals surface area contributed by atoms with Crippen molar-refractivity contribution in [1.29, 1.82) is 0 Å². The highest BCUT2D eigenvalue weighted by Crippen LogP contribution is 2.11. The molecule has 0 spiro atoms. The number of ketones is 1. The Kier molecular flexibility index (Phi) is 1.45. The molecular formula is C6H7FN2O. The molecule has 0 amide bonds. The number of nitrogen functional groups attached to an aromatic ring is 1. The zero-order valence-electron chi connectivity index (χ0n) is 5.44. The zero-order valence-corrected chi connectivity index (χ0v) is 5.44. The molecule has 1 aromatic heterocycles. The Labute approximate surface area is 57.0 Å². The van der Waals surface area contributed by atoms with Crippen LogP contribution in [0.4, 0.5) is 10.2 Å². The number of hydrogen-bond donors (Lipinski definition) is 2. The van der Waals surface area contributed by atoms with Gasteiger partial charge in [0.1, 0.15) is 5.82 Å². The molecule has 0 aliphatic rings. The van der Waals surface area contributed by atoms with Crippen LogP contribution in [0.15, 0.2) is 6.07 Å². The van der Waals surface area contributed by atoms with Gasteiger partial charge < -0.3 is 10.7 Å². The summed E-state index contributed by atoms with van der Waals surface area (Å²) in [6.07, 6.45) is 0. The van der Waals surface area contributed by atoms with Gasteiger partial charge in [-0.15, -0.1) is 0 Å². The van der Waals surface area contributed by atoms with Gasteiger partial charge in [0.2, 0.25) is 0 Å². The fourth-order valence-corrected chi connectivity index (χ4v) is 0.728. The van der Waals surface area contributed by atoms with Crippen molar-refractivity contribution in [1.82, 2.24) is 4.98 Å². The molecule has 0 radical (unpaired) electrons. The largest absolute Gasteiger partial charge is 0.385 e. The lowest BCUT2D eigenvalue weighted by molar-refractivity contribution is 0.101. The fourth-order valence-electron chi connectivity index (χ4n) is 0.728. The van der Waals surface area contributed by atoms with Crippen LogP contribution in [0.3, 0.4) is 0 Å². The minimum Gasteiger partial charge on any atom is -0.385 e. The van der Waals surface area contributed by atoms with E-state index in [-0.39, 0.29) is 17.2 Å². The van der Waals surface area contributed by atoms with E-state index in [1.165, 1.54) is 6.92 Å². The molecule has 0 fully saturated rings. The highest BCUT2D eigenvalue weighted by atomic mass is 19.1. The van der Waals surface area contributed by atoms with E-state index in [0.29, 0.717) is 0 Å². The van der Waals surface area contributed by atoms with E-state index in [1.807, 2.05) is 0 Å². The molecule has 4 heteroatoms. The molecule has 0 bridgehead atoms. The van der Waals surface area contributed by atoms with Crippen molar-refractivity contribution in [3.8, 4) is 0 Å². The van der Waals surface area contributed by atoms with Crippen LogP contribution in [-0.4, -0.2) is 10.8 Å². The van der Waals surface area contributed by atoms with Crippen molar-refractivity contribution >= 4 is 11.6 Å². The summed E-state index contributed by atoms with van der Waals surface area (Å²) in [7, 11) is 0. The van der Waals surface area contributed by atoms with Crippen LogP contribution in [0.25, 0.3) is 0 Å². The van der Waals surface area contributed by atoms with Crippen LogP contribution in [0.2, 0.25) is 0 Å². The molecule has 54 valence electrons. The summed E-state index contributed by atoms with van der Waals surface area (Å²) >= 11 is 0. The third kappa shape index (κ3) is 1.00. The van der Waals surface area contributed by atoms with Gasteiger partial charge >= 0.3 is 0 Å². The topological polar surface area (TPSA) is 58.9 Å². The Hall–Kier alpha value is -1.32. The fraction of sp³-hybridized carbons (Fsp3) is 0.167. The second-order valence-electron chi connectivity index (χ2n) is 2.00. The molecule has 0 unspecified atom stereocenters. The van der Waals surface area contributed by atoms with E-state index < -0.39 is 5.95 Å². The first kappa shape index (κ1) is 6.80. The summed E-state index contributed by atoms with van der Waals surface area (Å²) in [6.45, 7) is 1.33. The summed E-state index contributed by atoms with van der Waals surface area (Å²) in [5.41, 5.74) is 5.43. The molecule has 3 N–H and O–H groups in total. The SMILES string of the molecule is CC(=O)c1cc(F)[nH]c1N. The van der Waals surface area contributed by atoms with Crippen LogP contribution in [0.1, 0.15) is 17.3 Å². The summed E-state index contributed by atoms with van der Waals surface area (Å²) in [6, 6.07) is 1.08. The van der Waals surface area contributed by atoms with Crippen molar-refractivity contribution in [3.05, 3.63) is 17.6 Å². The minimum atomic E-state index is -0.581. The van der Waals surface area contributed by atoms with Crippen molar-refractivity contribution < 1.29 is 9.18 Å². The maximum atomic E-state index is 12.3. The summed E-state index contributed by atoms with van der Waals surface area (Å²) in [5, 5.41) is 0. The highest BCUT2D eigenvalue weighted by Gasteiger charge is 2.07. The molecule has 0 saturated heterocycles. The molecule has 0 aliphatic heterocycles. The number of anilines is 1. The number of aromatic amines is 1. The van der Waals surface area contributed by atoms with Gasteiger partial charge in [-0.3, -0.25) is 4.79 Å². The van der Waals surface area contributed by atoms with Crippen LogP contribution >= 0.6 is 0 Å². The Balaban J connectivity index is 3.15. The van der Waals surface area contributed by atoms with Crippen LogP contribution < -0.4 is 5.73 Å². The maximum absolute atomic E-state index is 12.3. The molecule has 0 aliphatic carbocycles. The lowest BCUT2D eigenvalue weighted by Crippen LogP contribution is -1.95. The van der Waals surface area contributed by atoms with Gasteiger partial charge in [0.15, 0.2) is 11.7 Å². The monoisotopic (exact) mass is 142 g/mol. The van der Waals surface area contributed by atoms with Crippen molar-refractivity contribution in [3.63, 3.8) is 0 Å². The number of carbonyl (C=O) groups excluding carboxylic acids is 1. The number of aromatic nitrogens is 1. The molecule has 0 aromatic carbocycles. The minimum absolute atomic E-state index is 0.0880. The van der Waals surface area contributed by atoms with Gasteiger partial charge in [0.25, 0.3) is 0 Å². The predicted molar refractivity (Wildman–Crippen MR) is 35.2 cm³/mol. The number of hydrogen-bond acceptors (Lipinski definition) is 2. The number of halogens is 1. The highest BCUT2D eigenvalue weighted by molar-refractivity contribution is 5.98. The molecular weight excluding hydrogens is 135 g/mol. The van der Waals surface area contributed by atoms with E-state index in [1.54, 1.807) is 0 Å². The zero-order chi connectivity index (χ0) is 7.72. The summed E-state index contributed by atoms with van der Waals surface area (Å²) < 4.78 is 12.3. The van der Waals surface area contributed by atoms with E-state index in [4.69, 9.17) is 5.73 Å². The Bertz CT molecular complexity index is 267. The van der Waals surface area contributed by atoms with Gasteiger partial charge in [-0.1, -0.05) is 0 Å². The standard InChI is InChI=1S/C6H7FN2O/c1-3(10)4-2-5(7)9-6(4)8/h2,9H,8H2,1H3. The van der Waals surface area contributed by atoms with Gasteiger partial charge in [-0.2, -0.15) is 4.39 Å². The van der Waals surface area contributed by atoms with Crippen molar-refractivity contribution in [2.24, 2.45) is 0 Å². The van der Waals surface area contributed by atoms with E-state index in [0.717, 1.165) is 6.07 Å². The van der Waals surface area contributed by atoms with Gasteiger partial charge in [0.05, 0.1) is 5.56 Å². The maximum Gasteiger partial charge on any atom is 0.193 e. The number of H-pyrrole nitrogens is 1. The Morgan fingerprint density at radius 3 is 2.60 bits per heavy atom. The first-order valence-electron chi connectivity index (χ1n) is 2.76. The Morgan fingerprint density at radius 2 is 2.40 bits per heavy atom. The molecule has 1 heterocycles. The number of rotatable bonds is 1. The number of nitrogens with two attached hydrogens (primary N) is 1. The third-order valence-electron chi connectivity index (χ3n) is 1.19. The molecule has 0 atom stereocenters. The van der Waals surface area contributed by atoms with E-state index >= 15 is 0 Å². The predicted octanol–water partition coefficient (Wildman–Crippen LogP) is 0.939. The lowest BCUT2D eigenvalue weighted by atomic mass is 10.2. The molecule has 1 aromatic rings. The van der Waals surface area contributed by atoms with Gasteiger partial charge in [0, 0.05) is 6.07 Å². The number of nitrogens with one attached hydrogen (secondary N) is 1. The Morgan fingerprint density at radius 1 is 1.80 bits per heavy atom. The normalized spacial score (nSPS) is 9.80. The molecule has 10 heavy (non-hydrogen) atoms. The summed E-state index contributed by atoms with van der Waals surface area (Å²) in [5.74, 6) is -0.731. The lowest BCUT2D eigenvalue weighted by Gasteiger charge is -1.88. The quantitative estimate of drug-likeness (QED) is 0.573. The molecule has 0 saturated carbocycles.